The minimum atomic E-state index is -0.301. The van der Waals surface area contributed by atoms with Gasteiger partial charge in [-0.15, -0.1) is 0 Å². The minimum absolute atomic E-state index is 0.301. The van der Waals surface area contributed by atoms with Crippen molar-refractivity contribution in [1.82, 2.24) is 0 Å². The van der Waals surface area contributed by atoms with Crippen LogP contribution in [0.2, 0.25) is 0 Å². The molecule has 0 aliphatic heterocycles. The van der Waals surface area contributed by atoms with Crippen LogP contribution in [-0.2, 0) is 4.75 Å². The summed E-state index contributed by atoms with van der Waals surface area (Å²) in [6, 6.07) is 3.71. The van der Waals surface area contributed by atoms with Crippen molar-refractivity contribution in [2.75, 3.05) is 21.3 Å². The molecule has 1 aromatic carbocycles. The zero-order chi connectivity index (χ0) is 12.3. The summed E-state index contributed by atoms with van der Waals surface area (Å²) in [5, 5.41) is 0. The average Bonchev–Trinajstić information content (AvgIpc) is 2.25. The Labute approximate surface area is 102 Å². The molecule has 0 amide bonds. The van der Waals surface area contributed by atoms with Crippen molar-refractivity contribution in [3.63, 3.8) is 0 Å². The SMILES string of the molecule is COc1cc(OC)c(C(C)(C)S)cc1OC. The first-order valence-corrected chi connectivity index (χ1v) is 5.41. The third kappa shape index (κ3) is 2.55. The van der Waals surface area contributed by atoms with Gasteiger partial charge >= 0.3 is 0 Å². The summed E-state index contributed by atoms with van der Waals surface area (Å²) in [4.78, 5) is 0. The Balaban J connectivity index is 3.38. The number of hydrogen-bond donors (Lipinski definition) is 1. The molecule has 0 aromatic heterocycles. The molecule has 0 fully saturated rings. The van der Waals surface area contributed by atoms with Crippen molar-refractivity contribution >= 4 is 12.6 Å². The highest BCUT2D eigenvalue weighted by atomic mass is 32.1. The molecule has 1 aromatic rings. The second-order valence-corrected chi connectivity index (χ2v) is 5.08. The van der Waals surface area contributed by atoms with E-state index in [4.69, 9.17) is 14.2 Å². The van der Waals surface area contributed by atoms with Crippen LogP contribution in [-0.4, -0.2) is 21.3 Å². The topological polar surface area (TPSA) is 27.7 Å². The van der Waals surface area contributed by atoms with Gasteiger partial charge in [0.05, 0.1) is 21.3 Å². The van der Waals surface area contributed by atoms with E-state index in [1.807, 2.05) is 26.0 Å². The highest BCUT2D eigenvalue weighted by Gasteiger charge is 2.22. The Morgan fingerprint density at radius 3 is 1.69 bits per heavy atom. The van der Waals surface area contributed by atoms with Crippen molar-refractivity contribution in [3.05, 3.63) is 17.7 Å². The van der Waals surface area contributed by atoms with Crippen LogP contribution in [0.1, 0.15) is 19.4 Å². The van der Waals surface area contributed by atoms with E-state index in [9.17, 15) is 0 Å². The van der Waals surface area contributed by atoms with E-state index in [1.165, 1.54) is 0 Å². The molecule has 90 valence electrons. The smallest absolute Gasteiger partial charge is 0.164 e. The number of benzene rings is 1. The maximum absolute atomic E-state index is 5.33. The van der Waals surface area contributed by atoms with Gasteiger partial charge in [-0.05, 0) is 19.9 Å². The van der Waals surface area contributed by atoms with E-state index in [1.54, 1.807) is 21.3 Å². The molecule has 4 heteroatoms. The number of rotatable bonds is 4. The first-order valence-electron chi connectivity index (χ1n) is 4.97. The lowest BCUT2D eigenvalue weighted by Gasteiger charge is -2.22. The average molecular weight is 242 g/mol. The van der Waals surface area contributed by atoms with E-state index in [0.29, 0.717) is 11.5 Å². The fourth-order valence-corrected chi connectivity index (χ4v) is 1.68. The molecule has 0 saturated heterocycles. The second kappa shape index (κ2) is 4.87. The van der Waals surface area contributed by atoms with Crippen molar-refractivity contribution in [2.45, 2.75) is 18.6 Å². The van der Waals surface area contributed by atoms with Gasteiger partial charge in [0.1, 0.15) is 5.75 Å². The molecule has 0 bridgehead atoms. The molecule has 0 heterocycles. The molecule has 0 aliphatic carbocycles. The molecule has 3 nitrogen and oxygen atoms in total. The molecule has 0 spiro atoms. The standard InChI is InChI=1S/C12H18O3S/c1-12(2,16)8-6-10(14-4)11(15-5)7-9(8)13-3/h6-7,16H,1-5H3. The lowest BCUT2D eigenvalue weighted by molar-refractivity contribution is 0.346. The van der Waals surface area contributed by atoms with Gasteiger partial charge in [0.15, 0.2) is 11.5 Å². The van der Waals surface area contributed by atoms with Crippen LogP contribution in [0, 0.1) is 0 Å². The molecular weight excluding hydrogens is 224 g/mol. The zero-order valence-electron chi connectivity index (χ0n) is 10.3. The van der Waals surface area contributed by atoms with Gasteiger partial charge in [-0.25, -0.2) is 0 Å². The lowest BCUT2D eigenvalue weighted by atomic mass is 10.0. The predicted octanol–water partition coefficient (Wildman–Crippen LogP) is 2.88. The quantitative estimate of drug-likeness (QED) is 0.823. The van der Waals surface area contributed by atoms with Crippen molar-refractivity contribution in [2.24, 2.45) is 0 Å². The minimum Gasteiger partial charge on any atom is -0.496 e. The van der Waals surface area contributed by atoms with Crippen LogP contribution < -0.4 is 14.2 Å². The first kappa shape index (κ1) is 13.0. The maximum atomic E-state index is 5.33. The lowest BCUT2D eigenvalue weighted by Crippen LogP contribution is -2.10. The Morgan fingerprint density at radius 1 is 0.875 bits per heavy atom. The van der Waals surface area contributed by atoms with Crippen molar-refractivity contribution in [3.8, 4) is 17.2 Å². The van der Waals surface area contributed by atoms with E-state index in [2.05, 4.69) is 12.6 Å². The molecule has 16 heavy (non-hydrogen) atoms. The Kier molecular flexibility index (Phi) is 3.97. The van der Waals surface area contributed by atoms with E-state index in [0.717, 1.165) is 11.3 Å². The summed E-state index contributed by atoms with van der Waals surface area (Å²) >= 11 is 4.54. The van der Waals surface area contributed by atoms with Crippen LogP contribution in [0.4, 0.5) is 0 Å². The monoisotopic (exact) mass is 242 g/mol. The van der Waals surface area contributed by atoms with Gasteiger partial charge in [0.2, 0.25) is 0 Å². The van der Waals surface area contributed by atoms with E-state index < -0.39 is 0 Å². The zero-order valence-corrected chi connectivity index (χ0v) is 11.2. The fourth-order valence-electron chi connectivity index (χ4n) is 1.51. The third-order valence-electron chi connectivity index (χ3n) is 2.36. The molecule has 0 atom stereocenters. The Bertz CT molecular complexity index is 369. The van der Waals surface area contributed by atoms with Crippen LogP contribution in [0.15, 0.2) is 12.1 Å². The second-order valence-electron chi connectivity index (χ2n) is 3.97. The van der Waals surface area contributed by atoms with Crippen LogP contribution in [0.3, 0.4) is 0 Å². The summed E-state index contributed by atoms with van der Waals surface area (Å²) in [5.74, 6) is 2.08. The summed E-state index contributed by atoms with van der Waals surface area (Å²) in [5.41, 5.74) is 0.969. The van der Waals surface area contributed by atoms with E-state index >= 15 is 0 Å². The number of ether oxygens (including phenoxy) is 3. The molecule has 0 saturated carbocycles. The van der Waals surface area contributed by atoms with Gasteiger partial charge in [-0.2, -0.15) is 12.6 Å². The summed E-state index contributed by atoms with van der Waals surface area (Å²) in [6.45, 7) is 4.00. The number of methoxy groups -OCH3 is 3. The number of hydrogen-bond acceptors (Lipinski definition) is 4. The Hall–Kier alpha value is -1.03. The van der Waals surface area contributed by atoms with E-state index in [-0.39, 0.29) is 4.75 Å². The van der Waals surface area contributed by atoms with Gasteiger partial charge in [0.25, 0.3) is 0 Å². The van der Waals surface area contributed by atoms with Crippen molar-refractivity contribution in [1.29, 1.82) is 0 Å². The first-order chi connectivity index (χ1) is 7.43. The summed E-state index contributed by atoms with van der Waals surface area (Å²) in [7, 11) is 4.84. The molecule has 0 unspecified atom stereocenters. The molecule has 0 N–H and O–H groups in total. The molecule has 1 rings (SSSR count). The molecular formula is C12H18O3S. The van der Waals surface area contributed by atoms with Gasteiger partial charge in [-0.3, -0.25) is 0 Å². The maximum Gasteiger partial charge on any atom is 0.164 e. The summed E-state index contributed by atoms with van der Waals surface area (Å²) in [6.07, 6.45) is 0. The number of thiol groups is 1. The van der Waals surface area contributed by atoms with Gasteiger partial charge in [-0.1, -0.05) is 0 Å². The van der Waals surface area contributed by atoms with Crippen LogP contribution in [0.5, 0.6) is 17.2 Å². The van der Waals surface area contributed by atoms with Gasteiger partial charge in [0, 0.05) is 16.4 Å². The fraction of sp³-hybridized carbons (Fsp3) is 0.500. The summed E-state index contributed by atoms with van der Waals surface area (Å²) < 4.78 is 15.5. The highest BCUT2D eigenvalue weighted by Crippen LogP contribution is 2.41. The molecule has 0 radical (unpaired) electrons. The van der Waals surface area contributed by atoms with Crippen LogP contribution in [0.25, 0.3) is 0 Å². The largest absolute Gasteiger partial charge is 0.496 e. The molecule has 0 aliphatic rings. The van der Waals surface area contributed by atoms with Gasteiger partial charge < -0.3 is 14.2 Å². The van der Waals surface area contributed by atoms with Crippen molar-refractivity contribution < 1.29 is 14.2 Å². The predicted molar refractivity (Wildman–Crippen MR) is 68.1 cm³/mol. The normalized spacial score (nSPS) is 11.1. The Morgan fingerprint density at radius 2 is 1.31 bits per heavy atom. The third-order valence-corrected chi connectivity index (χ3v) is 2.61. The highest BCUT2D eigenvalue weighted by molar-refractivity contribution is 7.81. The van der Waals surface area contributed by atoms with Crippen LogP contribution >= 0.6 is 12.6 Å².